The summed E-state index contributed by atoms with van der Waals surface area (Å²) >= 11 is 6.95. The molecule has 0 saturated heterocycles. The number of thiocarbonyl (C=S) groups is 1. The predicted octanol–water partition coefficient (Wildman–Crippen LogP) is 2.10. The van der Waals surface area contributed by atoms with Gasteiger partial charge in [-0.05, 0) is 62.5 Å². The summed E-state index contributed by atoms with van der Waals surface area (Å²) in [6.45, 7) is 7.02. The van der Waals surface area contributed by atoms with Crippen LogP contribution in [0.15, 0.2) is 14.4 Å². The van der Waals surface area contributed by atoms with Crippen LogP contribution in [0.25, 0.3) is 0 Å². The van der Waals surface area contributed by atoms with Gasteiger partial charge < -0.3 is 5.32 Å². The van der Waals surface area contributed by atoms with Crippen molar-refractivity contribution in [2.24, 2.45) is 5.10 Å². The molecule has 6 heteroatoms. The molecule has 2 N–H and O–H groups in total. The van der Waals surface area contributed by atoms with E-state index in [-0.39, 0.29) is 5.78 Å². The molecule has 4 nitrogen and oxygen atoms in total. The molecule has 0 unspecified atom stereocenters. The van der Waals surface area contributed by atoms with Gasteiger partial charge >= 0.3 is 0 Å². The van der Waals surface area contributed by atoms with Crippen LogP contribution < -0.4 is 10.7 Å². The molecule has 0 aliphatic rings. The second kappa shape index (κ2) is 6.89. The minimum Gasteiger partial charge on any atom is -0.334 e. The highest BCUT2D eigenvalue weighted by Crippen LogP contribution is 2.11. The normalized spacial score (nSPS) is 11.3. The molecule has 0 spiro atoms. The van der Waals surface area contributed by atoms with Gasteiger partial charge in [-0.2, -0.15) is 5.10 Å². The fourth-order valence-corrected chi connectivity index (χ4v) is 1.01. The van der Waals surface area contributed by atoms with Crippen LogP contribution in [0.3, 0.4) is 0 Å². The molecule has 0 radical (unpaired) electrons. The number of hydrogen-bond acceptors (Lipinski definition) is 3. The van der Waals surface area contributed by atoms with Gasteiger partial charge in [0.2, 0.25) is 0 Å². The molecule has 0 aliphatic carbocycles. The van der Waals surface area contributed by atoms with Crippen molar-refractivity contribution in [3.05, 3.63) is 9.28 Å². The summed E-state index contributed by atoms with van der Waals surface area (Å²) in [6, 6.07) is 0. The van der Waals surface area contributed by atoms with E-state index in [9.17, 15) is 4.79 Å². The number of ketones is 1. The van der Waals surface area contributed by atoms with E-state index in [1.54, 1.807) is 6.92 Å². The molecule has 84 valence electrons. The summed E-state index contributed by atoms with van der Waals surface area (Å²) in [5.74, 6) is 0.0126. The Morgan fingerprint density at radius 1 is 1.27 bits per heavy atom. The van der Waals surface area contributed by atoms with E-state index < -0.39 is 0 Å². The molecule has 0 heterocycles. The van der Waals surface area contributed by atoms with Crippen molar-refractivity contribution in [2.45, 2.75) is 27.7 Å². The van der Waals surface area contributed by atoms with Crippen LogP contribution in [-0.4, -0.2) is 16.6 Å². The first kappa shape index (κ1) is 14.5. The zero-order valence-electron chi connectivity index (χ0n) is 9.14. The fourth-order valence-electron chi connectivity index (χ4n) is 0.680. The minimum atomic E-state index is 0.0126. The van der Waals surface area contributed by atoms with Crippen LogP contribution >= 0.6 is 34.8 Å². The van der Waals surface area contributed by atoms with E-state index in [1.165, 1.54) is 6.92 Å². The van der Waals surface area contributed by atoms with Crippen LogP contribution in [0.5, 0.6) is 0 Å². The molecule has 0 bridgehead atoms. The number of carbonyl (C=O) groups excluding carboxylic acids is 1. The monoisotopic (exact) mass is 339 g/mol. The lowest BCUT2D eigenvalue weighted by molar-refractivity contribution is -0.112. The number of allylic oxidation sites excluding steroid dienone is 2. The van der Waals surface area contributed by atoms with E-state index in [4.69, 9.17) is 12.2 Å². The van der Waals surface area contributed by atoms with Crippen LogP contribution in [-0.2, 0) is 4.79 Å². The van der Waals surface area contributed by atoms with Gasteiger partial charge in [0.1, 0.15) is 0 Å². The largest absolute Gasteiger partial charge is 0.334 e. The lowest BCUT2D eigenvalue weighted by Crippen LogP contribution is -2.31. The quantitative estimate of drug-likeness (QED) is 0.272. The highest BCUT2D eigenvalue weighted by atomic mass is 127. The van der Waals surface area contributed by atoms with Gasteiger partial charge in [-0.25, -0.2) is 0 Å². The number of hydrogen-bond donors (Lipinski definition) is 2. The lowest BCUT2D eigenvalue weighted by atomic mass is 10.3. The predicted molar refractivity (Wildman–Crippen MR) is 75.1 cm³/mol. The lowest BCUT2D eigenvalue weighted by Gasteiger charge is -2.08. The van der Waals surface area contributed by atoms with Crippen molar-refractivity contribution in [1.29, 1.82) is 0 Å². The minimum absolute atomic E-state index is 0.0126. The number of nitrogens with zero attached hydrogens (tertiary/aromatic N) is 1. The van der Waals surface area contributed by atoms with Crippen LogP contribution in [0.1, 0.15) is 27.7 Å². The maximum absolute atomic E-state index is 11.0. The summed E-state index contributed by atoms with van der Waals surface area (Å²) in [5, 5.41) is 7.19. The highest BCUT2D eigenvalue weighted by molar-refractivity contribution is 14.1. The van der Waals surface area contributed by atoms with Crippen molar-refractivity contribution >= 4 is 51.4 Å². The topological polar surface area (TPSA) is 53.5 Å². The van der Waals surface area contributed by atoms with E-state index in [1.807, 2.05) is 36.4 Å². The Hall–Kier alpha value is -0.500. The van der Waals surface area contributed by atoms with Crippen molar-refractivity contribution in [3.8, 4) is 0 Å². The number of nitrogens with one attached hydrogen (secondary N) is 2. The maximum Gasteiger partial charge on any atom is 0.191 e. The van der Waals surface area contributed by atoms with Gasteiger partial charge in [0, 0.05) is 11.4 Å². The Labute approximate surface area is 109 Å². The molecule has 0 rings (SSSR count). The Morgan fingerprint density at radius 2 is 1.80 bits per heavy atom. The summed E-state index contributed by atoms with van der Waals surface area (Å²) in [4.78, 5) is 11.0. The van der Waals surface area contributed by atoms with Gasteiger partial charge in [0.05, 0.1) is 3.58 Å². The van der Waals surface area contributed by atoms with Crippen molar-refractivity contribution < 1.29 is 4.79 Å². The van der Waals surface area contributed by atoms with Gasteiger partial charge in [-0.15, -0.1) is 0 Å². The van der Waals surface area contributed by atoms with Crippen molar-refractivity contribution in [3.63, 3.8) is 0 Å². The third-order valence-electron chi connectivity index (χ3n) is 1.32. The van der Waals surface area contributed by atoms with Crippen molar-refractivity contribution in [2.75, 3.05) is 0 Å². The molecule has 0 aromatic heterocycles. The summed E-state index contributed by atoms with van der Waals surface area (Å²) < 4.78 is 0.633. The average Bonchev–Trinajstić information content (AvgIpc) is 2.13. The smallest absolute Gasteiger partial charge is 0.191 e. The molecular weight excluding hydrogens is 325 g/mol. The van der Waals surface area contributed by atoms with Crippen molar-refractivity contribution in [1.82, 2.24) is 10.7 Å². The van der Waals surface area contributed by atoms with Gasteiger partial charge in [-0.1, -0.05) is 0 Å². The van der Waals surface area contributed by atoms with E-state index >= 15 is 0 Å². The molecular formula is C9H14IN3OS. The van der Waals surface area contributed by atoms with Gasteiger partial charge in [-0.3, -0.25) is 10.2 Å². The molecule has 15 heavy (non-hydrogen) atoms. The van der Waals surface area contributed by atoms with Gasteiger partial charge in [0.15, 0.2) is 10.9 Å². The SMILES string of the molecule is CC(=O)/C(I)=C(/C)NC(=S)NN=C(C)C. The molecule has 0 aromatic rings. The van der Waals surface area contributed by atoms with Gasteiger partial charge in [0.25, 0.3) is 0 Å². The van der Waals surface area contributed by atoms with E-state index in [0.29, 0.717) is 8.69 Å². The Balaban J connectivity index is 4.37. The highest BCUT2D eigenvalue weighted by Gasteiger charge is 2.04. The third kappa shape index (κ3) is 6.56. The maximum atomic E-state index is 11.0. The molecule has 0 amide bonds. The number of Topliss-reactive ketones (excluding diaryl/α,β-unsaturated/α-hetero) is 1. The fraction of sp³-hybridized carbons (Fsp3) is 0.444. The molecule has 0 atom stereocenters. The first-order valence-electron chi connectivity index (χ1n) is 4.29. The standard InChI is InChI=1S/C9H14IN3OS/c1-5(2)12-13-9(15)11-6(3)8(10)7(4)14/h1-4H3,(H2,11,13,15)/b8-6+. The summed E-state index contributed by atoms with van der Waals surface area (Å²) in [7, 11) is 0. The first-order valence-corrected chi connectivity index (χ1v) is 5.78. The van der Waals surface area contributed by atoms with E-state index in [0.717, 1.165) is 11.4 Å². The second-order valence-corrected chi connectivity index (χ2v) is 4.61. The van der Waals surface area contributed by atoms with Crippen LogP contribution in [0.4, 0.5) is 0 Å². The average molecular weight is 339 g/mol. The Kier molecular flexibility index (Phi) is 6.66. The second-order valence-electron chi connectivity index (χ2n) is 3.12. The van der Waals surface area contributed by atoms with Crippen LogP contribution in [0, 0.1) is 0 Å². The third-order valence-corrected chi connectivity index (χ3v) is 3.08. The molecule has 0 saturated carbocycles. The Morgan fingerprint density at radius 3 is 2.20 bits per heavy atom. The number of carbonyl (C=O) groups is 1. The first-order chi connectivity index (χ1) is 6.84. The van der Waals surface area contributed by atoms with E-state index in [2.05, 4.69) is 15.8 Å². The van der Waals surface area contributed by atoms with Crippen LogP contribution in [0.2, 0.25) is 0 Å². The summed E-state index contributed by atoms with van der Waals surface area (Å²) in [5.41, 5.74) is 4.27. The number of hydrazone groups is 1. The number of halogens is 1. The number of rotatable bonds is 3. The molecule has 0 aliphatic heterocycles. The zero-order chi connectivity index (χ0) is 12.0. The molecule has 0 fully saturated rings. The molecule has 0 aromatic carbocycles. The zero-order valence-corrected chi connectivity index (χ0v) is 12.1. The Bertz CT molecular complexity index is 332. The summed E-state index contributed by atoms with van der Waals surface area (Å²) in [6.07, 6.45) is 0.